The number of aromatic nitrogens is 1. The molecule has 2 amide bonds. The lowest BCUT2D eigenvalue weighted by molar-refractivity contribution is -0.514. The lowest BCUT2D eigenvalue weighted by Crippen LogP contribution is -2.78. The number of aryl methyl sites for hydroxylation is 1. The fourth-order valence-corrected chi connectivity index (χ4v) is 3.26. The van der Waals surface area contributed by atoms with E-state index in [2.05, 4.69) is 31.5 Å². The smallest absolute Gasteiger partial charge is 0.310 e. The molecule has 1 fully saturated rings. The van der Waals surface area contributed by atoms with E-state index in [1.165, 1.54) is 23.7 Å². The highest BCUT2D eigenvalue weighted by atomic mass is 79.9. The van der Waals surface area contributed by atoms with Crippen LogP contribution in [0.1, 0.15) is 34.3 Å². The average Bonchev–Trinajstić information content (AvgIpc) is 3.53. The predicted octanol–water partition coefficient (Wildman–Crippen LogP) is 2.90. The summed E-state index contributed by atoms with van der Waals surface area (Å²) in [5.74, 6) is -0.546. The topological polar surface area (TPSA) is 135 Å². The molecule has 1 aliphatic rings. The van der Waals surface area contributed by atoms with E-state index in [1.54, 1.807) is 25.1 Å². The van der Waals surface area contributed by atoms with E-state index in [-0.39, 0.29) is 27.8 Å². The number of allylic oxidation sites excluding steroid dienone is 1. The lowest BCUT2D eigenvalue weighted by Gasteiger charge is -2.15. The number of anilines is 1. The lowest BCUT2D eigenvalue weighted by atomic mass is 10.0. The van der Waals surface area contributed by atoms with Crippen LogP contribution in [-0.4, -0.2) is 27.5 Å². The third kappa shape index (κ3) is 5.98. The number of carbonyl (C=O) groups is 2. The van der Waals surface area contributed by atoms with E-state index >= 15 is 0 Å². The van der Waals surface area contributed by atoms with Gasteiger partial charge in [0.1, 0.15) is 9.64 Å². The van der Waals surface area contributed by atoms with Crippen molar-refractivity contribution in [1.29, 1.82) is 10.7 Å². The first-order valence-corrected chi connectivity index (χ1v) is 10.5. The van der Waals surface area contributed by atoms with Crippen LogP contribution in [0.3, 0.4) is 0 Å². The van der Waals surface area contributed by atoms with Gasteiger partial charge in [-0.25, -0.2) is 4.98 Å². The van der Waals surface area contributed by atoms with Crippen LogP contribution >= 0.6 is 27.5 Å². The quantitative estimate of drug-likeness (QED) is 0.342. The molecule has 1 aromatic heterocycles. The van der Waals surface area contributed by atoms with Crippen LogP contribution in [0.25, 0.3) is 0 Å². The molecule has 5 N–H and O–H groups in total. The van der Waals surface area contributed by atoms with Gasteiger partial charge in [0.2, 0.25) is 11.5 Å². The van der Waals surface area contributed by atoms with Gasteiger partial charge in [0.05, 0.1) is 22.9 Å². The Kier molecular flexibility index (Phi) is 7.17. The Bertz CT molecular complexity index is 1140. The SMILES string of the molecule is Cc1cc(C#N)cc(C(=O)NC2CC2)c1NC(=O)/C(=C/C(=N)Br)[NH2+]c1ncccc1Cl. The molecule has 0 radical (unpaired) electrons. The number of quaternary nitrogens is 1. The molecule has 1 saturated carbocycles. The van der Waals surface area contributed by atoms with E-state index in [9.17, 15) is 14.9 Å². The molecule has 1 heterocycles. The number of nitrogens with two attached hydrogens (primary N) is 1. The Morgan fingerprint density at radius 3 is 2.77 bits per heavy atom. The summed E-state index contributed by atoms with van der Waals surface area (Å²) in [7, 11) is 0. The van der Waals surface area contributed by atoms with Gasteiger partial charge in [-0.05, 0) is 65.5 Å². The Morgan fingerprint density at radius 1 is 1.42 bits per heavy atom. The zero-order valence-corrected chi connectivity index (χ0v) is 18.8. The fraction of sp³-hybridized carbons (Fsp3) is 0.190. The minimum absolute atomic E-state index is 0.0239. The second-order valence-corrected chi connectivity index (χ2v) is 8.25. The molecule has 0 unspecified atom stereocenters. The molecule has 0 saturated heterocycles. The van der Waals surface area contributed by atoms with E-state index in [1.807, 2.05) is 6.07 Å². The first-order chi connectivity index (χ1) is 14.8. The van der Waals surface area contributed by atoms with E-state index in [0.29, 0.717) is 27.7 Å². The predicted molar refractivity (Wildman–Crippen MR) is 121 cm³/mol. The van der Waals surface area contributed by atoms with Crippen molar-refractivity contribution in [2.24, 2.45) is 0 Å². The van der Waals surface area contributed by atoms with Crippen molar-refractivity contribution in [3.63, 3.8) is 0 Å². The number of amides is 2. The third-order valence-electron chi connectivity index (χ3n) is 4.48. The summed E-state index contributed by atoms with van der Waals surface area (Å²) in [6.45, 7) is 1.71. The number of hydrogen-bond acceptors (Lipinski definition) is 5. The maximum atomic E-state index is 13.1. The molecule has 10 heteroatoms. The molecule has 0 atom stereocenters. The molecule has 0 spiro atoms. The van der Waals surface area contributed by atoms with Gasteiger partial charge in [-0.3, -0.25) is 20.3 Å². The monoisotopic (exact) mass is 501 g/mol. The molecule has 1 aromatic carbocycles. The summed E-state index contributed by atoms with van der Waals surface area (Å²) >= 11 is 9.17. The van der Waals surface area contributed by atoms with Gasteiger partial charge in [-0.2, -0.15) is 5.26 Å². The number of nitrogens with one attached hydrogen (secondary N) is 3. The Morgan fingerprint density at radius 2 is 2.16 bits per heavy atom. The summed E-state index contributed by atoms with van der Waals surface area (Å²) in [5.41, 5.74) is 1.51. The molecule has 1 aliphatic carbocycles. The van der Waals surface area contributed by atoms with Crippen molar-refractivity contribution >= 4 is 55.5 Å². The summed E-state index contributed by atoms with van der Waals surface area (Å²) in [4.78, 5) is 30.0. The maximum Gasteiger partial charge on any atom is 0.310 e. The van der Waals surface area contributed by atoms with Crippen LogP contribution in [0.5, 0.6) is 0 Å². The van der Waals surface area contributed by atoms with Crippen LogP contribution in [0, 0.1) is 23.7 Å². The minimum Gasteiger partial charge on any atom is -0.349 e. The minimum atomic E-state index is -0.556. The molecular weight excluding hydrogens is 484 g/mol. The van der Waals surface area contributed by atoms with E-state index in [4.69, 9.17) is 17.0 Å². The Hall–Kier alpha value is -3.06. The number of halogens is 2. The van der Waals surface area contributed by atoms with Crippen molar-refractivity contribution in [3.05, 3.63) is 63.9 Å². The van der Waals surface area contributed by atoms with Gasteiger partial charge in [0.15, 0.2) is 0 Å². The van der Waals surface area contributed by atoms with Gasteiger partial charge >= 0.3 is 5.91 Å². The van der Waals surface area contributed by atoms with Gasteiger partial charge in [0, 0.05) is 18.3 Å². The van der Waals surface area contributed by atoms with Crippen molar-refractivity contribution in [1.82, 2.24) is 10.3 Å². The van der Waals surface area contributed by atoms with Crippen molar-refractivity contribution in [2.75, 3.05) is 5.32 Å². The standard InChI is InChI=1S/C21H18BrClN6O2/c1-11-7-12(10-24)8-14(20(30)27-13-4-5-13)18(11)29-21(31)16(9-17(22)25)28-19-15(23)3-2-6-26-19/h2-3,6-9,13,25H,4-5H2,1H3,(H,26,28)(H,27,30)(H,29,31)/p+1/b16-9-,25-17?. The van der Waals surface area contributed by atoms with Gasteiger partial charge in [-0.1, -0.05) is 11.6 Å². The van der Waals surface area contributed by atoms with Gasteiger partial charge in [0.25, 0.3) is 5.91 Å². The van der Waals surface area contributed by atoms with E-state index < -0.39 is 5.91 Å². The first kappa shape index (κ1) is 22.6. The molecule has 8 nitrogen and oxygen atoms in total. The number of hydrogen-bond donors (Lipinski definition) is 4. The normalized spacial score (nSPS) is 13.3. The molecular formula is C21H19BrClN6O2+. The van der Waals surface area contributed by atoms with Crippen LogP contribution < -0.4 is 16.0 Å². The fourth-order valence-electron chi connectivity index (χ4n) is 2.83. The van der Waals surface area contributed by atoms with Crippen LogP contribution in [-0.2, 0) is 4.79 Å². The van der Waals surface area contributed by atoms with Crippen molar-refractivity contribution < 1.29 is 14.9 Å². The van der Waals surface area contributed by atoms with Crippen molar-refractivity contribution in [3.8, 4) is 6.07 Å². The summed E-state index contributed by atoms with van der Waals surface area (Å²) in [6, 6.07) is 8.51. The highest BCUT2D eigenvalue weighted by Gasteiger charge is 2.27. The molecule has 31 heavy (non-hydrogen) atoms. The number of pyridine rings is 1. The van der Waals surface area contributed by atoms with Crippen molar-refractivity contribution in [2.45, 2.75) is 25.8 Å². The number of nitriles is 1. The number of rotatable bonds is 7. The molecule has 0 aliphatic heterocycles. The molecule has 0 bridgehead atoms. The largest absolute Gasteiger partial charge is 0.349 e. The highest BCUT2D eigenvalue weighted by molar-refractivity contribution is 9.18. The average molecular weight is 503 g/mol. The van der Waals surface area contributed by atoms with E-state index in [0.717, 1.165) is 12.8 Å². The molecule has 2 aromatic rings. The zero-order valence-electron chi connectivity index (χ0n) is 16.5. The van der Waals surface area contributed by atoms with Gasteiger partial charge < -0.3 is 10.6 Å². The van der Waals surface area contributed by atoms with Crippen LogP contribution in [0.2, 0.25) is 5.02 Å². The third-order valence-corrected chi connectivity index (χ3v) is 5.03. The molecule has 3 rings (SSSR count). The van der Waals surface area contributed by atoms with Crippen LogP contribution in [0.4, 0.5) is 11.5 Å². The highest BCUT2D eigenvalue weighted by Crippen LogP contribution is 2.26. The number of carbonyl (C=O) groups excluding carboxylic acids is 2. The Labute approximate surface area is 192 Å². The van der Waals surface area contributed by atoms with Crippen LogP contribution in [0.15, 0.2) is 42.2 Å². The summed E-state index contributed by atoms with van der Waals surface area (Å²) in [5, 5.41) is 24.4. The second kappa shape index (κ2) is 9.83. The molecule has 158 valence electrons. The second-order valence-electron chi connectivity index (χ2n) is 6.99. The zero-order chi connectivity index (χ0) is 22.5. The first-order valence-electron chi connectivity index (χ1n) is 9.36. The van der Waals surface area contributed by atoms with Gasteiger partial charge in [-0.15, -0.1) is 0 Å². The maximum absolute atomic E-state index is 13.1. The summed E-state index contributed by atoms with van der Waals surface area (Å²) < 4.78 is -0.0239. The number of nitrogens with zero attached hydrogens (tertiary/aromatic N) is 2. The number of benzene rings is 1. The Balaban J connectivity index is 1.94. The summed E-state index contributed by atoms with van der Waals surface area (Å²) in [6.07, 6.45) is 4.66.